The fourth-order valence-corrected chi connectivity index (χ4v) is 3.42. The minimum atomic E-state index is 0.641. The molecule has 0 N–H and O–H groups in total. The molecule has 0 saturated heterocycles. The molecule has 1 fully saturated rings. The molecule has 3 heteroatoms. The van der Waals surface area contributed by atoms with Gasteiger partial charge in [-0.15, -0.1) is 0 Å². The van der Waals surface area contributed by atoms with Crippen molar-refractivity contribution in [1.29, 1.82) is 5.26 Å². The minimum Gasteiger partial charge on any atom is -0.372 e. The van der Waals surface area contributed by atoms with Crippen molar-refractivity contribution in [3.63, 3.8) is 0 Å². The third kappa shape index (κ3) is 3.30. The minimum absolute atomic E-state index is 0.641. The number of anilines is 1. The molecule has 0 bridgehead atoms. The van der Waals surface area contributed by atoms with Gasteiger partial charge < -0.3 is 4.90 Å². The lowest BCUT2D eigenvalue weighted by molar-refractivity contribution is 0.313. The normalized spacial score (nSPS) is 22.8. The molecule has 0 radical (unpaired) electrons. The summed E-state index contributed by atoms with van der Waals surface area (Å²) >= 11 is 3.47. The van der Waals surface area contributed by atoms with E-state index in [9.17, 15) is 0 Å². The van der Waals surface area contributed by atoms with Crippen molar-refractivity contribution >= 4 is 21.6 Å². The van der Waals surface area contributed by atoms with Crippen LogP contribution in [0.15, 0.2) is 22.7 Å². The fourth-order valence-electron chi connectivity index (χ4n) is 2.97. The lowest BCUT2D eigenvalue weighted by atomic mass is 9.84. The maximum absolute atomic E-state index is 8.96. The fraction of sp³-hybridized carbons (Fsp3) is 0.562. The van der Waals surface area contributed by atoms with Gasteiger partial charge in [-0.05, 0) is 65.7 Å². The Morgan fingerprint density at radius 1 is 1.32 bits per heavy atom. The van der Waals surface area contributed by atoms with Crippen LogP contribution in [0.25, 0.3) is 0 Å². The second kappa shape index (κ2) is 6.43. The average molecular weight is 321 g/mol. The Labute approximate surface area is 124 Å². The molecule has 102 valence electrons. The molecule has 2 nitrogen and oxygen atoms in total. The summed E-state index contributed by atoms with van der Waals surface area (Å²) in [6, 6.07) is 8.84. The van der Waals surface area contributed by atoms with Crippen molar-refractivity contribution in [2.75, 3.05) is 11.9 Å². The van der Waals surface area contributed by atoms with E-state index < -0.39 is 0 Å². The van der Waals surface area contributed by atoms with E-state index in [1.807, 2.05) is 6.07 Å². The van der Waals surface area contributed by atoms with Gasteiger partial charge in [0.15, 0.2) is 0 Å². The molecule has 2 rings (SSSR count). The largest absolute Gasteiger partial charge is 0.372 e. The molecule has 0 spiro atoms. The molecule has 0 amide bonds. The van der Waals surface area contributed by atoms with Gasteiger partial charge in [0, 0.05) is 23.2 Å². The van der Waals surface area contributed by atoms with E-state index in [0.29, 0.717) is 11.6 Å². The summed E-state index contributed by atoms with van der Waals surface area (Å²) in [5.74, 6) is 0.928. The number of hydrogen-bond donors (Lipinski definition) is 0. The molecule has 0 unspecified atom stereocenters. The topological polar surface area (TPSA) is 27.0 Å². The van der Waals surface area contributed by atoms with Crippen LogP contribution in [0, 0.1) is 17.2 Å². The van der Waals surface area contributed by atoms with Crippen LogP contribution in [0.5, 0.6) is 0 Å². The van der Waals surface area contributed by atoms with Crippen LogP contribution >= 0.6 is 15.9 Å². The Bertz CT molecular complexity index is 470. The molecule has 1 aliphatic carbocycles. The molecule has 1 aliphatic rings. The highest BCUT2D eigenvalue weighted by molar-refractivity contribution is 9.10. The summed E-state index contributed by atoms with van der Waals surface area (Å²) < 4.78 is 0.890. The molecule has 1 aromatic rings. The van der Waals surface area contributed by atoms with Crippen LogP contribution in [0.2, 0.25) is 0 Å². The number of nitriles is 1. The van der Waals surface area contributed by atoms with Gasteiger partial charge >= 0.3 is 0 Å². The molecule has 0 atom stereocenters. The molecule has 1 aromatic carbocycles. The maximum atomic E-state index is 8.96. The van der Waals surface area contributed by atoms with E-state index in [2.05, 4.69) is 53.0 Å². The predicted molar refractivity (Wildman–Crippen MR) is 83.3 cm³/mol. The highest BCUT2D eigenvalue weighted by Gasteiger charge is 2.23. The molecule has 0 heterocycles. The van der Waals surface area contributed by atoms with E-state index in [1.54, 1.807) is 0 Å². The maximum Gasteiger partial charge on any atom is 0.100 e. The van der Waals surface area contributed by atoms with Crippen LogP contribution in [-0.2, 0) is 0 Å². The van der Waals surface area contributed by atoms with E-state index in [4.69, 9.17) is 5.26 Å². The molecular weight excluding hydrogens is 300 g/mol. The quantitative estimate of drug-likeness (QED) is 0.805. The Morgan fingerprint density at radius 3 is 2.53 bits per heavy atom. The number of nitrogens with zero attached hydrogens (tertiary/aromatic N) is 2. The summed E-state index contributed by atoms with van der Waals surface area (Å²) in [6.07, 6.45) is 6.59. The van der Waals surface area contributed by atoms with Crippen LogP contribution in [0.1, 0.15) is 44.6 Å². The molecule has 0 aromatic heterocycles. The number of hydrogen-bond acceptors (Lipinski definition) is 2. The Hall–Kier alpha value is -1.01. The van der Waals surface area contributed by atoms with Crippen molar-refractivity contribution in [3.05, 3.63) is 28.2 Å². The van der Waals surface area contributed by atoms with Gasteiger partial charge in [-0.1, -0.05) is 13.3 Å². The second-order valence-corrected chi connectivity index (χ2v) is 6.32. The van der Waals surface area contributed by atoms with Crippen molar-refractivity contribution in [3.8, 4) is 6.07 Å². The highest BCUT2D eigenvalue weighted by atomic mass is 79.9. The van der Waals surface area contributed by atoms with E-state index >= 15 is 0 Å². The summed E-state index contributed by atoms with van der Waals surface area (Å²) in [6.45, 7) is 2.30. The Kier molecular flexibility index (Phi) is 4.87. The van der Waals surface area contributed by atoms with Crippen LogP contribution in [0.4, 0.5) is 5.69 Å². The van der Waals surface area contributed by atoms with Crippen LogP contribution in [-0.4, -0.2) is 13.1 Å². The second-order valence-electron chi connectivity index (χ2n) is 5.47. The molecule has 1 saturated carbocycles. The lowest BCUT2D eigenvalue weighted by Crippen LogP contribution is -2.35. The van der Waals surface area contributed by atoms with Crippen LogP contribution in [0.3, 0.4) is 0 Å². The third-order valence-corrected chi connectivity index (χ3v) is 5.08. The summed E-state index contributed by atoms with van der Waals surface area (Å²) in [5, 5.41) is 8.96. The number of rotatable bonds is 3. The third-order valence-electron chi connectivity index (χ3n) is 4.42. The molecule has 19 heavy (non-hydrogen) atoms. The first-order chi connectivity index (χ1) is 9.15. The van der Waals surface area contributed by atoms with Crippen molar-refractivity contribution in [1.82, 2.24) is 0 Å². The zero-order valence-corrected chi connectivity index (χ0v) is 13.3. The van der Waals surface area contributed by atoms with Crippen molar-refractivity contribution in [2.45, 2.75) is 45.1 Å². The zero-order valence-electron chi connectivity index (χ0n) is 11.7. The van der Waals surface area contributed by atoms with Gasteiger partial charge in [-0.25, -0.2) is 0 Å². The van der Waals surface area contributed by atoms with Gasteiger partial charge in [-0.2, -0.15) is 5.26 Å². The van der Waals surface area contributed by atoms with E-state index in [0.717, 1.165) is 10.4 Å². The van der Waals surface area contributed by atoms with Gasteiger partial charge in [0.2, 0.25) is 0 Å². The average Bonchev–Trinajstić information content (AvgIpc) is 2.46. The SMILES string of the molecule is CCC1CCC(N(C)c2ccc(C#N)c(Br)c2)CC1. The predicted octanol–water partition coefficient (Wildman–Crippen LogP) is 4.73. The highest BCUT2D eigenvalue weighted by Crippen LogP contribution is 2.32. The lowest BCUT2D eigenvalue weighted by Gasteiger charge is -2.36. The summed E-state index contributed by atoms with van der Waals surface area (Å²) in [7, 11) is 2.17. The summed E-state index contributed by atoms with van der Waals surface area (Å²) in [5.41, 5.74) is 1.90. The van der Waals surface area contributed by atoms with Gasteiger partial charge in [0.25, 0.3) is 0 Å². The molecule has 0 aliphatic heterocycles. The first-order valence-electron chi connectivity index (χ1n) is 7.08. The Balaban J connectivity index is 2.06. The monoisotopic (exact) mass is 320 g/mol. The van der Waals surface area contributed by atoms with E-state index in [-0.39, 0.29) is 0 Å². The van der Waals surface area contributed by atoms with Crippen LogP contribution < -0.4 is 4.90 Å². The Morgan fingerprint density at radius 2 is 2.00 bits per heavy atom. The van der Waals surface area contributed by atoms with Crippen molar-refractivity contribution < 1.29 is 0 Å². The van der Waals surface area contributed by atoms with Gasteiger partial charge in [0.1, 0.15) is 6.07 Å². The molecular formula is C16H21BrN2. The van der Waals surface area contributed by atoms with E-state index in [1.165, 1.54) is 37.8 Å². The smallest absolute Gasteiger partial charge is 0.100 e. The zero-order chi connectivity index (χ0) is 13.8. The number of benzene rings is 1. The summed E-state index contributed by atoms with van der Waals surface area (Å²) in [4.78, 5) is 2.37. The van der Waals surface area contributed by atoms with Crippen molar-refractivity contribution in [2.24, 2.45) is 5.92 Å². The van der Waals surface area contributed by atoms with Gasteiger partial charge in [0.05, 0.1) is 5.56 Å². The number of halogens is 1. The first kappa shape index (κ1) is 14.4. The standard InChI is InChI=1S/C16H21BrN2/c1-3-12-4-7-14(8-5-12)19(2)15-9-6-13(11-18)16(17)10-15/h6,9-10,12,14H,3-5,7-8H2,1-2H3. The van der Waals surface area contributed by atoms with Gasteiger partial charge in [-0.3, -0.25) is 0 Å². The first-order valence-corrected chi connectivity index (χ1v) is 7.87.